The largest absolute Gasteiger partial charge is 0.478 e. The molecule has 0 aliphatic rings. The first kappa shape index (κ1) is 13.2. The molecular weight excluding hydrogens is 270 g/mol. The third kappa shape index (κ3) is 2.94. The molecule has 0 saturated heterocycles. The van der Waals surface area contributed by atoms with Crippen LogP contribution in [-0.2, 0) is 5.75 Å². The number of nitrogens with zero attached hydrogens (tertiary/aromatic N) is 1. The highest BCUT2D eigenvalue weighted by Gasteiger charge is 2.17. The molecule has 0 spiro atoms. The van der Waals surface area contributed by atoms with E-state index in [4.69, 9.17) is 9.52 Å². The Kier molecular flexibility index (Phi) is 3.86. The average Bonchev–Trinajstić information content (AvgIpc) is 2.85. The van der Waals surface area contributed by atoms with Crippen LogP contribution in [-0.4, -0.2) is 16.0 Å². The van der Waals surface area contributed by atoms with Crippen molar-refractivity contribution in [2.45, 2.75) is 10.6 Å². The van der Waals surface area contributed by atoms with E-state index >= 15 is 0 Å². The molecule has 6 nitrogen and oxygen atoms in total. The van der Waals surface area contributed by atoms with Crippen molar-refractivity contribution in [1.82, 2.24) is 0 Å². The second kappa shape index (κ2) is 5.57. The Morgan fingerprint density at radius 2 is 2.11 bits per heavy atom. The minimum atomic E-state index is -1.08. The van der Waals surface area contributed by atoms with Gasteiger partial charge in [0.05, 0.1) is 21.8 Å². The van der Waals surface area contributed by atoms with Gasteiger partial charge in [0.2, 0.25) is 0 Å². The Labute approximate surface area is 112 Å². The van der Waals surface area contributed by atoms with Crippen LogP contribution in [0.5, 0.6) is 0 Å². The summed E-state index contributed by atoms with van der Waals surface area (Å²) in [6, 6.07) is 7.65. The molecule has 0 aliphatic heterocycles. The molecule has 0 radical (unpaired) electrons. The van der Waals surface area contributed by atoms with Crippen molar-refractivity contribution in [1.29, 1.82) is 0 Å². The van der Waals surface area contributed by atoms with Crippen LogP contribution in [0.4, 0.5) is 5.69 Å². The molecule has 1 N–H and O–H groups in total. The van der Waals surface area contributed by atoms with E-state index < -0.39 is 10.9 Å². The van der Waals surface area contributed by atoms with Gasteiger partial charge in [-0.25, -0.2) is 4.79 Å². The van der Waals surface area contributed by atoms with E-state index in [1.54, 1.807) is 18.2 Å². The third-order valence-electron chi connectivity index (χ3n) is 2.40. The maximum atomic E-state index is 10.9. The second-order valence-electron chi connectivity index (χ2n) is 3.58. The summed E-state index contributed by atoms with van der Waals surface area (Å²) < 4.78 is 5.08. The smallest absolute Gasteiger partial charge is 0.339 e. The highest BCUT2D eigenvalue weighted by molar-refractivity contribution is 7.98. The van der Waals surface area contributed by atoms with Crippen LogP contribution in [0.1, 0.15) is 16.1 Å². The van der Waals surface area contributed by atoms with E-state index in [1.807, 2.05) is 0 Å². The first-order chi connectivity index (χ1) is 9.09. The van der Waals surface area contributed by atoms with Gasteiger partial charge in [0.15, 0.2) is 0 Å². The second-order valence-corrected chi connectivity index (χ2v) is 4.59. The van der Waals surface area contributed by atoms with Gasteiger partial charge in [-0.15, -0.1) is 11.8 Å². The first-order valence-electron chi connectivity index (χ1n) is 5.25. The summed E-state index contributed by atoms with van der Waals surface area (Å²) in [5.74, 6) is -0.568. The zero-order chi connectivity index (χ0) is 13.8. The number of hydrogen-bond donors (Lipinski definition) is 1. The summed E-state index contributed by atoms with van der Waals surface area (Å²) in [5, 5.41) is 19.7. The summed E-state index contributed by atoms with van der Waals surface area (Å²) in [6.45, 7) is 0. The SMILES string of the molecule is O=C(O)c1ccoc1CSc1ccccc1[N+](=O)[O-]. The molecule has 0 bridgehead atoms. The molecule has 2 aromatic rings. The Hall–Kier alpha value is -2.28. The number of hydrogen-bond acceptors (Lipinski definition) is 5. The Morgan fingerprint density at radius 1 is 1.37 bits per heavy atom. The topological polar surface area (TPSA) is 93.6 Å². The van der Waals surface area contributed by atoms with Crippen molar-refractivity contribution in [3.8, 4) is 0 Å². The fourth-order valence-corrected chi connectivity index (χ4v) is 2.49. The fourth-order valence-electron chi connectivity index (χ4n) is 1.52. The summed E-state index contributed by atoms with van der Waals surface area (Å²) in [5.41, 5.74) is 0.0713. The molecule has 0 atom stereocenters. The number of furan rings is 1. The van der Waals surface area contributed by atoms with Crippen molar-refractivity contribution < 1.29 is 19.2 Å². The van der Waals surface area contributed by atoms with E-state index in [0.29, 0.717) is 4.90 Å². The van der Waals surface area contributed by atoms with Crippen LogP contribution in [0, 0.1) is 10.1 Å². The van der Waals surface area contributed by atoms with E-state index in [9.17, 15) is 14.9 Å². The van der Waals surface area contributed by atoms with Gasteiger partial charge in [0.25, 0.3) is 5.69 Å². The van der Waals surface area contributed by atoms with Gasteiger partial charge in [-0.2, -0.15) is 0 Å². The summed E-state index contributed by atoms with van der Waals surface area (Å²) in [6.07, 6.45) is 1.29. The van der Waals surface area contributed by atoms with E-state index in [0.717, 1.165) is 0 Å². The molecule has 1 aromatic carbocycles. The number of thioether (sulfide) groups is 1. The highest BCUT2D eigenvalue weighted by Crippen LogP contribution is 2.32. The summed E-state index contributed by atoms with van der Waals surface area (Å²) in [4.78, 5) is 21.7. The lowest BCUT2D eigenvalue weighted by molar-refractivity contribution is -0.387. The molecule has 7 heteroatoms. The lowest BCUT2D eigenvalue weighted by Gasteiger charge is -2.01. The van der Waals surface area contributed by atoms with Gasteiger partial charge in [-0.1, -0.05) is 12.1 Å². The van der Waals surface area contributed by atoms with Crippen LogP contribution in [0.25, 0.3) is 0 Å². The first-order valence-corrected chi connectivity index (χ1v) is 6.24. The van der Waals surface area contributed by atoms with Gasteiger partial charge in [0, 0.05) is 6.07 Å². The molecule has 0 saturated carbocycles. The lowest BCUT2D eigenvalue weighted by Crippen LogP contribution is -1.97. The number of nitro benzene ring substituents is 1. The quantitative estimate of drug-likeness (QED) is 0.513. The third-order valence-corrected chi connectivity index (χ3v) is 3.46. The van der Waals surface area contributed by atoms with Gasteiger partial charge in [-0.05, 0) is 12.1 Å². The summed E-state index contributed by atoms with van der Waals surface area (Å²) >= 11 is 1.17. The van der Waals surface area contributed by atoms with E-state index in [2.05, 4.69) is 0 Å². The van der Waals surface area contributed by atoms with Gasteiger partial charge in [-0.3, -0.25) is 10.1 Å². The van der Waals surface area contributed by atoms with Crippen molar-refractivity contribution in [3.05, 3.63) is 58.0 Å². The number of aromatic carboxylic acids is 1. The Balaban J connectivity index is 2.17. The van der Waals surface area contributed by atoms with Crippen LogP contribution < -0.4 is 0 Å². The zero-order valence-corrected chi connectivity index (χ0v) is 10.4. The maximum Gasteiger partial charge on any atom is 0.339 e. The van der Waals surface area contributed by atoms with E-state index in [1.165, 1.54) is 30.2 Å². The lowest BCUT2D eigenvalue weighted by atomic mass is 10.3. The Bertz CT molecular complexity index is 622. The molecule has 2 rings (SSSR count). The molecule has 98 valence electrons. The number of carbonyl (C=O) groups is 1. The van der Waals surface area contributed by atoms with Crippen LogP contribution in [0.15, 0.2) is 45.9 Å². The molecule has 0 amide bonds. The van der Waals surface area contributed by atoms with E-state index in [-0.39, 0.29) is 22.8 Å². The van der Waals surface area contributed by atoms with Gasteiger partial charge >= 0.3 is 5.97 Å². The molecule has 1 heterocycles. The number of carboxylic acid groups (broad SMARTS) is 1. The minimum absolute atomic E-state index is 0.00377. The molecule has 0 aliphatic carbocycles. The van der Waals surface area contributed by atoms with Crippen LogP contribution >= 0.6 is 11.8 Å². The van der Waals surface area contributed by atoms with Crippen molar-refractivity contribution in [3.63, 3.8) is 0 Å². The molecule has 0 unspecified atom stereocenters. The predicted octanol–water partition coefficient (Wildman–Crippen LogP) is 3.18. The molecular formula is C12H9NO5S. The zero-order valence-electron chi connectivity index (χ0n) is 9.61. The minimum Gasteiger partial charge on any atom is -0.478 e. The fraction of sp³-hybridized carbons (Fsp3) is 0.0833. The number of para-hydroxylation sites is 1. The molecule has 19 heavy (non-hydrogen) atoms. The van der Waals surface area contributed by atoms with Crippen LogP contribution in [0.3, 0.4) is 0 Å². The highest BCUT2D eigenvalue weighted by atomic mass is 32.2. The predicted molar refractivity (Wildman–Crippen MR) is 68.3 cm³/mol. The standard InChI is InChI=1S/C12H9NO5S/c14-12(15)8-5-6-18-10(8)7-19-11-4-2-1-3-9(11)13(16)17/h1-6H,7H2,(H,14,15). The number of carboxylic acids is 1. The normalized spacial score (nSPS) is 10.3. The monoisotopic (exact) mass is 279 g/mol. The average molecular weight is 279 g/mol. The Morgan fingerprint density at radius 3 is 2.79 bits per heavy atom. The van der Waals surface area contributed by atoms with Crippen LogP contribution in [0.2, 0.25) is 0 Å². The van der Waals surface area contributed by atoms with Crippen molar-refractivity contribution >= 4 is 23.4 Å². The molecule has 0 fully saturated rings. The van der Waals surface area contributed by atoms with Crippen molar-refractivity contribution in [2.75, 3.05) is 0 Å². The maximum absolute atomic E-state index is 10.9. The van der Waals surface area contributed by atoms with Gasteiger partial charge < -0.3 is 9.52 Å². The molecule has 1 aromatic heterocycles. The van der Waals surface area contributed by atoms with Gasteiger partial charge in [0.1, 0.15) is 11.3 Å². The summed E-state index contributed by atoms with van der Waals surface area (Å²) in [7, 11) is 0. The number of benzene rings is 1. The number of nitro groups is 1. The van der Waals surface area contributed by atoms with Crippen molar-refractivity contribution in [2.24, 2.45) is 0 Å². The number of rotatable bonds is 5.